The first-order valence-electron chi connectivity index (χ1n) is 8.07. The maximum absolute atomic E-state index is 12.4. The van der Waals surface area contributed by atoms with Crippen LogP contribution in [-0.4, -0.2) is 34.8 Å². The summed E-state index contributed by atoms with van der Waals surface area (Å²) in [4.78, 5) is 26.2. The van der Waals surface area contributed by atoms with Crippen molar-refractivity contribution in [2.75, 3.05) is 6.54 Å². The Balaban J connectivity index is 2.60. The molecule has 1 aliphatic heterocycles. The predicted molar refractivity (Wildman–Crippen MR) is 85.9 cm³/mol. The van der Waals surface area contributed by atoms with Gasteiger partial charge in [-0.05, 0) is 39.7 Å². The summed E-state index contributed by atoms with van der Waals surface area (Å²) in [5, 5.41) is 2.98. The second-order valence-electron chi connectivity index (χ2n) is 6.98. The molecule has 0 saturated heterocycles. The van der Waals surface area contributed by atoms with E-state index >= 15 is 0 Å². The van der Waals surface area contributed by atoms with E-state index in [2.05, 4.69) is 12.2 Å². The maximum Gasteiger partial charge on any atom is 0.247 e. The molecule has 4 nitrogen and oxygen atoms in total. The summed E-state index contributed by atoms with van der Waals surface area (Å²) in [6.07, 6.45) is 7.32. The van der Waals surface area contributed by atoms with Gasteiger partial charge in [0.05, 0.1) is 0 Å². The smallest absolute Gasteiger partial charge is 0.247 e. The molecule has 0 bridgehead atoms. The quantitative estimate of drug-likeness (QED) is 0.734. The number of hydrogen-bond acceptors (Lipinski definition) is 2. The fourth-order valence-electron chi connectivity index (χ4n) is 2.64. The summed E-state index contributed by atoms with van der Waals surface area (Å²) in [5.41, 5.74) is 0.561. The third kappa shape index (κ3) is 5.52. The number of carbonyl (C=O) groups excluding carboxylic acids is 2. The van der Waals surface area contributed by atoms with Crippen LogP contribution in [0.4, 0.5) is 0 Å². The monoisotopic (exact) mass is 294 g/mol. The van der Waals surface area contributed by atoms with Crippen LogP contribution in [0.25, 0.3) is 0 Å². The van der Waals surface area contributed by atoms with E-state index in [-0.39, 0.29) is 17.4 Å². The minimum Gasteiger partial charge on any atom is -0.349 e. The molecule has 1 atom stereocenters. The minimum absolute atomic E-state index is 0.0305. The molecule has 0 radical (unpaired) electrons. The summed E-state index contributed by atoms with van der Waals surface area (Å²) in [7, 11) is 0. The molecule has 2 amide bonds. The zero-order valence-electron chi connectivity index (χ0n) is 14.2. The van der Waals surface area contributed by atoms with E-state index in [9.17, 15) is 9.59 Å². The molecule has 1 unspecified atom stereocenters. The van der Waals surface area contributed by atoms with Crippen LogP contribution in [-0.2, 0) is 9.59 Å². The molecule has 0 aliphatic carbocycles. The molecule has 1 rings (SSSR count). The van der Waals surface area contributed by atoms with Crippen molar-refractivity contribution in [2.45, 2.75) is 78.3 Å². The Hall–Kier alpha value is -1.32. The highest BCUT2D eigenvalue weighted by Crippen LogP contribution is 2.21. The summed E-state index contributed by atoms with van der Waals surface area (Å²) in [5.74, 6) is -0.104. The molecule has 1 aliphatic rings. The second-order valence-corrected chi connectivity index (χ2v) is 6.98. The van der Waals surface area contributed by atoms with Gasteiger partial charge < -0.3 is 10.2 Å². The average molecular weight is 294 g/mol. The first-order valence-corrected chi connectivity index (χ1v) is 8.07. The highest BCUT2D eigenvalue weighted by atomic mass is 16.2. The Morgan fingerprint density at radius 1 is 1.24 bits per heavy atom. The molecule has 21 heavy (non-hydrogen) atoms. The van der Waals surface area contributed by atoms with E-state index in [1.165, 1.54) is 19.3 Å². The fourth-order valence-corrected chi connectivity index (χ4v) is 2.64. The number of rotatable bonds is 7. The van der Waals surface area contributed by atoms with Gasteiger partial charge in [0.2, 0.25) is 11.8 Å². The predicted octanol–water partition coefficient (Wildman–Crippen LogP) is 3.03. The normalized spacial score (nSPS) is 18.9. The van der Waals surface area contributed by atoms with Gasteiger partial charge in [0.15, 0.2) is 0 Å². The van der Waals surface area contributed by atoms with Gasteiger partial charge in [-0.3, -0.25) is 9.59 Å². The van der Waals surface area contributed by atoms with Crippen molar-refractivity contribution in [3.8, 4) is 0 Å². The van der Waals surface area contributed by atoms with E-state index in [1.54, 1.807) is 11.0 Å². The summed E-state index contributed by atoms with van der Waals surface area (Å²) in [6, 6.07) is -0.428. The molecule has 4 heteroatoms. The minimum atomic E-state index is -0.428. The first-order chi connectivity index (χ1) is 9.76. The number of amides is 2. The van der Waals surface area contributed by atoms with Crippen LogP contribution in [0, 0.1) is 0 Å². The average Bonchev–Trinajstić information content (AvgIpc) is 2.61. The highest BCUT2D eigenvalue weighted by molar-refractivity contribution is 6.00. The van der Waals surface area contributed by atoms with Crippen molar-refractivity contribution in [3.63, 3.8) is 0 Å². The van der Waals surface area contributed by atoms with Crippen LogP contribution in [0.1, 0.15) is 66.7 Å². The van der Waals surface area contributed by atoms with Gasteiger partial charge in [-0.15, -0.1) is 0 Å². The van der Waals surface area contributed by atoms with Crippen molar-refractivity contribution in [3.05, 3.63) is 11.6 Å². The van der Waals surface area contributed by atoms with E-state index in [4.69, 9.17) is 0 Å². The molecular formula is C17H30N2O2. The Labute approximate surface area is 129 Å². The van der Waals surface area contributed by atoms with Gasteiger partial charge >= 0.3 is 0 Å². The van der Waals surface area contributed by atoms with Crippen LogP contribution in [0.5, 0.6) is 0 Å². The number of hydrogen-bond donors (Lipinski definition) is 1. The van der Waals surface area contributed by atoms with Gasteiger partial charge in [0, 0.05) is 18.2 Å². The van der Waals surface area contributed by atoms with Gasteiger partial charge in [-0.1, -0.05) is 32.6 Å². The van der Waals surface area contributed by atoms with Gasteiger partial charge in [0.1, 0.15) is 6.04 Å². The number of nitrogens with zero attached hydrogens (tertiary/aromatic N) is 1. The lowest BCUT2D eigenvalue weighted by Crippen LogP contribution is -2.52. The van der Waals surface area contributed by atoms with Gasteiger partial charge in [0.25, 0.3) is 0 Å². The lowest BCUT2D eigenvalue weighted by molar-refractivity contribution is -0.134. The van der Waals surface area contributed by atoms with Gasteiger partial charge in [-0.2, -0.15) is 0 Å². The SMILES string of the molecule is CCCCCCCN1C(=O)C=C(C)C1C(=O)NC(C)(C)C. The first kappa shape index (κ1) is 17.7. The van der Waals surface area contributed by atoms with Crippen molar-refractivity contribution in [1.29, 1.82) is 0 Å². The Kier molecular flexibility index (Phi) is 6.43. The zero-order chi connectivity index (χ0) is 16.0. The summed E-state index contributed by atoms with van der Waals surface area (Å²) >= 11 is 0. The molecule has 0 spiro atoms. The van der Waals surface area contributed by atoms with E-state index in [0.717, 1.165) is 18.4 Å². The van der Waals surface area contributed by atoms with Crippen molar-refractivity contribution in [1.82, 2.24) is 10.2 Å². The summed E-state index contributed by atoms with van der Waals surface area (Å²) in [6.45, 7) is 10.6. The fraction of sp³-hybridized carbons (Fsp3) is 0.765. The van der Waals surface area contributed by atoms with Crippen LogP contribution < -0.4 is 5.32 Å². The standard InChI is InChI=1S/C17H30N2O2/c1-6-7-8-9-10-11-19-14(20)12-13(2)15(19)16(21)18-17(3,4)5/h12,15H,6-11H2,1-5H3,(H,18,21). The molecule has 0 aromatic rings. The third-order valence-electron chi connectivity index (χ3n) is 3.63. The molecule has 1 N–H and O–H groups in total. The topological polar surface area (TPSA) is 49.4 Å². The zero-order valence-corrected chi connectivity index (χ0v) is 14.2. The van der Waals surface area contributed by atoms with E-state index < -0.39 is 6.04 Å². The molecule has 1 heterocycles. The van der Waals surface area contributed by atoms with Crippen molar-refractivity contribution >= 4 is 11.8 Å². The van der Waals surface area contributed by atoms with E-state index in [1.807, 2.05) is 27.7 Å². The van der Waals surface area contributed by atoms with Crippen LogP contribution in [0.2, 0.25) is 0 Å². The third-order valence-corrected chi connectivity index (χ3v) is 3.63. The Morgan fingerprint density at radius 3 is 2.43 bits per heavy atom. The Bertz CT molecular complexity index is 408. The Morgan fingerprint density at radius 2 is 1.86 bits per heavy atom. The number of unbranched alkanes of at least 4 members (excludes halogenated alkanes) is 4. The molecular weight excluding hydrogens is 264 g/mol. The molecule has 0 aromatic carbocycles. The van der Waals surface area contributed by atoms with Crippen molar-refractivity contribution in [2.24, 2.45) is 0 Å². The lowest BCUT2D eigenvalue weighted by Gasteiger charge is -2.29. The molecule has 0 fully saturated rings. The second kappa shape index (κ2) is 7.62. The maximum atomic E-state index is 12.4. The molecule has 0 saturated carbocycles. The van der Waals surface area contributed by atoms with E-state index in [0.29, 0.717) is 6.54 Å². The molecule has 120 valence electrons. The van der Waals surface area contributed by atoms with Crippen LogP contribution in [0.3, 0.4) is 0 Å². The van der Waals surface area contributed by atoms with Crippen LogP contribution in [0.15, 0.2) is 11.6 Å². The summed E-state index contributed by atoms with van der Waals surface area (Å²) < 4.78 is 0. The molecule has 0 aromatic heterocycles. The largest absolute Gasteiger partial charge is 0.349 e. The lowest BCUT2D eigenvalue weighted by atomic mass is 10.1. The highest BCUT2D eigenvalue weighted by Gasteiger charge is 2.36. The number of nitrogens with one attached hydrogen (secondary N) is 1. The number of carbonyl (C=O) groups is 2. The van der Waals surface area contributed by atoms with Crippen LogP contribution >= 0.6 is 0 Å². The van der Waals surface area contributed by atoms with Crippen molar-refractivity contribution < 1.29 is 9.59 Å². The van der Waals surface area contributed by atoms with Gasteiger partial charge in [-0.25, -0.2) is 0 Å².